The van der Waals surface area contributed by atoms with Crippen LogP contribution in [0.5, 0.6) is 0 Å². The Hall–Kier alpha value is -2.92. The normalized spacial score (nSPS) is 17.5. The summed E-state index contributed by atoms with van der Waals surface area (Å²) >= 11 is 0. The molecule has 0 aliphatic carbocycles. The number of morpholine rings is 1. The molecule has 8 nitrogen and oxygen atoms in total. The van der Waals surface area contributed by atoms with E-state index in [1.54, 1.807) is 17.0 Å². The number of amides is 1. The summed E-state index contributed by atoms with van der Waals surface area (Å²) in [6, 6.07) is 3.25. The van der Waals surface area contributed by atoms with Crippen molar-refractivity contribution in [2.24, 2.45) is 0 Å². The minimum Gasteiger partial charge on any atom is -0.379 e. The summed E-state index contributed by atoms with van der Waals surface area (Å²) in [7, 11) is 0. The summed E-state index contributed by atoms with van der Waals surface area (Å²) in [5, 5.41) is 2.78. The summed E-state index contributed by atoms with van der Waals surface area (Å²) in [6.07, 6.45) is 3.08. The zero-order chi connectivity index (χ0) is 22.5. The van der Waals surface area contributed by atoms with E-state index in [4.69, 9.17) is 4.74 Å². The van der Waals surface area contributed by atoms with Crippen LogP contribution in [-0.2, 0) is 4.74 Å². The molecule has 4 rings (SSSR count). The van der Waals surface area contributed by atoms with E-state index >= 15 is 0 Å². The molecule has 0 spiro atoms. The molecule has 0 unspecified atom stereocenters. The van der Waals surface area contributed by atoms with Crippen molar-refractivity contribution in [3.63, 3.8) is 0 Å². The highest BCUT2D eigenvalue weighted by Crippen LogP contribution is 2.27. The lowest BCUT2D eigenvalue weighted by atomic mass is 10.2. The van der Waals surface area contributed by atoms with Crippen molar-refractivity contribution in [3.05, 3.63) is 47.5 Å². The number of carbonyl (C=O) groups is 1. The topological polar surface area (TPSA) is 73.8 Å². The Morgan fingerprint density at radius 2 is 1.66 bits per heavy atom. The minimum absolute atomic E-state index is 0.156. The van der Waals surface area contributed by atoms with Gasteiger partial charge in [0.25, 0.3) is 5.91 Å². The maximum atomic E-state index is 14.5. The maximum absolute atomic E-state index is 14.5. The molecule has 2 aliphatic heterocycles. The number of nitrogens with one attached hydrogen (secondary N) is 1. The molecule has 0 radical (unpaired) electrons. The molecule has 2 aliphatic rings. The molecule has 2 aromatic rings. The average molecular weight is 450 g/mol. The molecule has 0 bridgehead atoms. The Balaban J connectivity index is 1.40. The highest BCUT2D eigenvalue weighted by atomic mass is 19.2. The van der Waals surface area contributed by atoms with Gasteiger partial charge in [-0.05, 0) is 12.1 Å². The summed E-state index contributed by atoms with van der Waals surface area (Å²) in [5.74, 6) is -4.94. The average Bonchev–Trinajstić information content (AvgIpc) is 2.85. The Bertz CT molecular complexity index is 935. The van der Waals surface area contributed by atoms with E-state index < -0.39 is 17.5 Å². The van der Waals surface area contributed by atoms with Crippen LogP contribution in [0.15, 0.2) is 24.5 Å². The first kappa shape index (κ1) is 22.3. The van der Waals surface area contributed by atoms with Gasteiger partial charge in [-0.3, -0.25) is 14.7 Å². The van der Waals surface area contributed by atoms with Gasteiger partial charge >= 0.3 is 0 Å². The number of ether oxygens (including phenoxy) is 1. The third-order valence-corrected chi connectivity index (χ3v) is 5.63. The van der Waals surface area contributed by atoms with Crippen LogP contribution < -0.4 is 10.2 Å². The zero-order valence-corrected chi connectivity index (χ0v) is 17.6. The van der Waals surface area contributed by atoms with Crippen LogP contribution in [0.1, 0.15) is 10.4 Å². The molecule has 0 aromatic carbocycles. The van der Waals surface area contributed by atoms with E-state index in [0.717, 1.165) is 13.1 Å². The van der Waals surface area contributed by atoms with Crippen LogP contribution in [0.2, 0.25) is 0 Å². The second-order valence-corrected chi connectivity index (χ2v) is 7.62. The smallest absolute Gasteiger partial charge is 0.254 e. The number of anilines is 2. The number of halogens is 3. The van der Waals surface area contributed by atoms with Gasteiger partial charge in [0.2, 0.25) is 17.5 Å². The lowest BCUT2D eigenvalue weighted by molar-refractivity contribution is 0.0398. The lowest BCUT2D eigenvalue weighted by Gasteiger charge is -2.35. The van der Waals surface area contributed by atoms with Crippen molar-refractivity contribution in [1.29, 1.82) is 0 Å². The van der Waals surface area contributed by atoms with Crippen LogP contribution in [0.25, 0.3) is 0 Å². The number of aromatic nitrogens is 2. The standard InChI is InChI=1S/C21H25F3N6O2/c22-16-17(23)19(26-5-6-28-11-13-32-14-12-28)27-20(18(16)24)29-7-9-30(10-8-29)21(31)15-1-3-25-4-2-15/h1-4H,5-14H2,(H,26,27). The Kier molecular flexibility index (Phi) is 7.05. The van der Waals surface area contributed by atoms with Gasteiger partial charge in [0.1, 0.15) is 0 Å². The van der Waals surface area contributed by atoms with Crippen LogP contribution in [0.3, 0.4) is 0 Å². The summed E-state index contributed by atoms with van der Waals surface area (Å²) in [4.78, 5) is 25.8. The third-order valence-electron chi connectivity index (χ3n) is 5.63. The highest BCUT2D eigenvalue weighted by molar-refractivity contribution is 5.94. The van der Waals surface area contributed by atoms with Crippen molar-refractivity contribution >= 4 is 17.5 Å². The first-order valence-electron chi connectivity index (χ1n) is 10.6. The molecule has 172 valence electrons. The summed E-state index contributed by atoms with van der Waals surface area (Å²) in [5.41, 5.74) is 0.511. The Morgan fingerprint density at radius 3 is 2.34 bits per heavy atom. The fourth-order valence-corrected chi connectivity index (χ4v) is 3.78. The molecule has 2 aromatic heterocycles. The number of piperazine rings is 1. The van der Waals surface area contributed by atoms with Gasteiger partial charge in [-0.25, -0.2) is 9.37 Å². The molecule has 1 N–H and O–H groups in total. The number of carbonyl (C=O) groups excluding carboxylic acids is 1. The second kappa shape index (κ2) is 10.1. The number of hydrogen-bond donors (Lipinski definition) is 1. The van der Waals surface area contributed by atoms with Crippen molar-refractivity contribution in [2.45, 2.75) is 0 Å². The van der Waals surface area contributed by atoms with E-state index in [0.29, 0.717) is 45.0 Å². The van der Waals surface area contributed by atoms with Crippen molar-refractivity contribution in [3.8, 4) is 0 Å². The predicted octanol–water partition coefficient (Wildman–Crippen LogP) is 1.60. The molecule has 4 heterocycles. The molecule has 1 amide bonds. The molecular formula is C21H25F3N6O2. The van der Waals surface area contributed by atoms with Crippen LogP contribution in [-0.4, -0.2) is 91.2 Å². The maximum Gasteiger partial charge on any atom is 0.254 e. The van der Waals surface area contributed by atoms with Gasteiger partial charge in [0.15, 0.2) is 11.6 Å². The minimum atomic E-state index is -1.56. The summed E-state index contributed by atoms with van der Waals surface area (Å²) < 4.78 is 48.3. The molecule has 2 saturated heterocycles. The molecule has 32 heavy (non-hydrogen) atoms. The molecule has 0 saturated carbocycles. The van der Waals surface area contributed by atoms with E-state index in [-0.39, 0.29) is 30.6 Å². The van der Waals surface area contributed by atoms with Crippen molar-refractivity contribution in [1.82, 2.24) is 19.8 Å². The molecule has 2 fully saturated rings. The van der Waals surface area contributed by atoms with E-state index in [9.17, 15) is 18.0 Å². The van der Waals surface area contributed by atoms with Gasteiger partial charge in [-0.2, -0.15) is 8.78 Å². The van der Waals surface area contributed by atoms with Crippen LogP contribution in [0, 0.1) is 17.5 Å². The molecule has 0 atom stereocenters. The number of pyridine rings is 2. The quantitative estimate of drug-likeness (QED) is 0.717. The van der Waals surface area contributed by atoms with E-state index in [1.807, 2.05) is 0 Å². The van der Waals surface area contributed by atoms with Gasteiger partial charge in [0.05, 0.1) is 13.2 Å². The number of nitrogens with zero attached hydrogens (tertiary/aromatic N) is 5. The fraction of sp³-hybridized carbons (Fsp3) is 0.476. The largest absolute Gasteiger partial charge is 0.379 e. The van der Waals surface area contributed by atoms with Crippen LogP contribution in [0.4, 0.5) is 24.8 Å². The Morgan fingerprint density at radius 1 is 0.969 bits per heavy atom. The summed E-state index contributed by atoms with van der Waals surface area (Å²) in [6.45, 7) is 4.86. The van der Waals surface area contributed by atoms with Crippen LogP contribution >= 0.6 is 0 Å². The predicted molar refractivity (Wildman–Crippen MR) is 112 cm³/mol. The van der Waals surface area contributed by atoms with E-state index in [2.05, 4.69) is 20.2 Å². The lowest BCUT2D eigenvalue weighted by Crippen LogP contribution is -2.49. The van der Waals surface area contributed by atoms with E-state index in [1.165, 1.54) is 17.3 Å². The van der Waals surface area contributed by atoms with Gasteiger partial charge in [-0.1, -0.05) is 0 Å². The highest BCUT2D eigenvalue weighted by Gasteiger charge is 2.28. The number of hydrogen-bond acceptors (Lipinski definition) is 7. The molecule has 11 heteroatoms. The first-order valence-corrected chi connectivity index (χ1v) is 10.6. The second-order valence-electron chi connectivity index (χ2n) is 7.62. The fourth-order valence-electron chi connectivity index (χ4n) is 3.78. The number of rotatable bonds is 6. The van der Waals surface area contributed by atoms with Gasteiger partial charge < -0.3 is 19.9 Å². The van der Waals surface area contributed by atoms with Crippen molar-refractivity contribution in [2.75, 3.05) is 75.8 Å². The van der Waals surface area contributed by atoms with Gasteiger partial charge in [0, 0.05) is 70.3 Å². The van der Waals surface area contributed by atoms with Crippen molar-refractivity contribution < 1.29 is 22.7 Å². The molecular weight excluding hydrogens is 425 g/mol. The Labute approximate surface area is 184 Å². The SMILES string of the molecule is O=C(c1ccncc1)N1CCN(c2nc(NCCN3CCOCC3)c(F)c(F)c2F)CC1. The van der Waals surface area contributed by atoms with Gasteiger partial charge in [-0.15, -0.1) is 0 Å². The third kappa shape index (κ3) is 4.94. The zero-order valence-electron chi connectivity index (χ0n) is 17.6. The monoisotopic (exact) mass is 450 g/mol. The first-order chi connectivity index (χ1) is 15.5.